The van der Waals surface area contributed by atoms with E-state index < -0.39 is 0 Å². The van der Waals surface area contributed by atoms with E-state index in [0.717, 1.165) is 37.2 Å². The minimum absolute atomic E-state index is 0.0257. The third-order valence-corrected chi connectivity index (χ3v) is 8.84. The molecule has 0 bridgehead atoms. The summed E-state index contributed by atoms with van der Waals surface area (Å²) in [5.41, 5.74) is 4.11. The van der Waals surface area contributed by atoms with E-state index in [0.29, 0.717) is 60.2 Å². The summed E-state index contributed by atoms with van der Waals surface area (Å²) in [5.74, 6) is 2.36. The molecule has 0 unspecified atom stereocenters. The molecule has 1 aliphatic rings. The van der Waals surface area contributed by atoms with Crippen molar-refractivity contribution in [3.63, 3.8) is 0 Å². The summed E-state index contributed by atoms with van der Waals surface area (Å²) in [4.78, 5) is 21.6. The summed E-state index contributed by atoms with van der Waals surface area (Å²) < 4.78 is 36.1. The van der Waals surface area contributed by atoms with Crippen molar-refractivity contribution in [2.75, 3.05) is 39.9 Å². The first kappa shape index (κ1) is 35.4. The maximum atomic E-state index is 13.1. The average molecular weight is 708 g/mol. The van der Waals surface area contributed by atoms with Crippen molar-refractivity contribution in [2.24, 2.45) is 0 Å². The molecule has 2 heterocycles. The van der Waals surface area contributed by atoms with Crippen LogP contribution in [0.15, 0.2) is 115 Å². The number of methoxy groups -OCH3 is 1. The second-order valence-electron chi connectivity index (χ2n) is 12.0. The highest BCUT2D eigenvalue weighted by Crippen LogP contribution is 2.32. The molecule has 10 heteroatoms. The lowest BCUT2D eigenvalue weighted by molar-refractivity contribution is -0.127. The Morgan fingerprint density at radius 3 is 2.31 bits per heavy atom. The molecule has 51 heavy (non-hydrogen) atoms. The van der Waals surface area contributed by atoms with Crippen LogP contribution in [0.5, 0.6) is 28.9 Å². The third kappa shape index (κ3) is 10.3. The summed E-state index contributed by atoms with van der Waals surface area (Å²) in [7, 11) is 1.57. The average Bonchev–Trinajstić information content (AvgIpc) is 3.16. The van der Waals surface area contributed by atoms with E-state index >= 15 is 0 Å². The number of ether oxygens (including phenoxy) is 4. The number of aromatic nitrogens is 1. The van der Waals surface area contributed by atoms with Crippen molar-refractivity contribution in [1.29, 1.82) is 0 Å². The molecule has 4 aromatic carbocycles. The zero-order chi connectivity index (χ0) is 35.4. The molecule has 0 spiro atoms. The van der Waals surface area contributed by atoms with Gasteiger partial charge in [-0.2, -0.15) is 0 Å². The molecular formula is C41H39ClFN3O5. The highest BCUT2D eigenvalue weighted by molar-refractivity contribution is 6.31. The minimum Gasteiger partial charge on any atom is -0.493 e. The van der Waals surface area contributed by atoms with E-state index in [9.17, 15) is 9.18 Å². The fourth-order valence-corrected chi connectivity index (χ4v) is 5.75. The van der Waals surface area contributed by atoms with Gasteiger partial charge in [0.15, 0.2) is 11.5 Å². The van der Waals surface area contributed by atoms with Gasteiger partial charge in [0.25, 0.3) is 0 Å². The largest absolute Gasteiger partial charge is 0.493 e. The number of rotatable bonds is 14. The summed E-state index contributed by atoms with van der Waals surface area (Å²) >= 11 is 6.21. The lowest BCUT2D eigenvalue weighted by Crippen LogP contribution is -2.47. The Kier molecular flexibility index (Phi) is 12.2. The normalized spacial score (nSPS) is 13.3. The maximum absolute atomic E-state index is 13.1. The van der Waals surface area contributed by atoms with Crippen LogP contribution in [0.3, 0.4) is 0 Å². The second kappa shape index (κ2) is 17.5. The Labute approximate surface area is 302 Å². The van der Waals surface area contributed by atoms with E-state index in [-0.39, 0.29) is 11.7 Å². The van der Waals surface area contributed by atoms with Gasteiger partial charge in [-0.05, 0) is 71.3 Å². The van der Waals surface area contributed by atoms with Gasteiger partial charge in [0.05, 0.1) is 19.9 Å². The molecular weight excluding hydrogens is 669 g/mol. The molecule has 6 rings (SSSR count). The molecule has 1 fully saturated rings. The predicted molar refractivity (Wildman–Crippen MR) is 196 cm³/mol. The Morgan fingerprint density at radius 1 is 0.843 bits per heavy atom. The number of carbonyl (C=O) groups excluding carboxylic acids is 1. The Balaban J connectivity index is 0.931. The molecule has 0 aliphatic carbocycles. The minimum atomic E-state index is -0.273. The first-order valence-corrected chi connectivity index (χ1v) is 17.1. The summed E-state index contributed by atoms with van der Waals surface area (Å²) in [5, 5.41) is 0.651. The number of pyridine rings is 1. The molecule has 1 aromatic heterocycles. The molecule has 0 N–H and O–H groups in total. The van der Waals surface area contributed by atoms with Crippen molar-refractivity contribution < 1.29 is 28.1 Å². The number of halogens is 2. The molecule has 1 saturated heterocycles. The van der Waals surface area contributed by atoms with Crippen molar-refractivity contribution in [3.8, 4) is 28.9 Å². The molecule has 0 atom stereocenters. The monoisotopic (exact) mass is 707 g/mol. The van der Waals surface area contributed by atoms with Crippen LogP contribution in [0.4, 0.5) is 4.39 Å². The number of benzene rings is 4. The SMILES string of the molecule is COc1cc(/C=C/C(=O)N2CCN(Cc3ccc(CCOc4ccc(F)cc4)cc3)CC2)ccc1Oc1ccc(OCc2ccccc2Cl)cn1. The number of hydrogen-bond acceptors (Lipinski definition) is 7. The molecule has 1 aliphatic heterocycles. The number of piperazine rings is 1. The Hall–Kier alpha value is -5.38. The first-order chi connectivity index (χ1) is 24.9. The zero-order valence-electron chi connectivity index (χ0n) is 28.3. The van der Waals surface area contributed by atoms with E-state index in [2.05, 4.69) is 34.1 Å². The van der Waals surface area contributed by atoms with Crippen molar-refractivity contribution >= 4 is 23.6 Å². The van der Waals surface area contributed by atoms with Gasteiger partial charge < -0.3 is 23.8 Å². The van der Waals surface area contributed by atoms with E-state index in [1.165, 1.54) is 23.3 Å². The molecule has 8 nitrogen and oxygen atoms in total. The quantitative estimate of drug-likeness (QED) is 0.108. The standard InChI is InChI=1S/C41H39ClFN3O5/c1-48-39-26-31(10-17-38(39)51-40-18-16-36(27-44-40)50-29-33-4-2-3-5-37(33)42)11-19-41(47)46-23-21-45(22-24-46)28-32-8-6-30(7-9-32)20-25-49-35-14-12-34(43)13-15-35/h2-19,26-27H,20-25,28-29H2,1H3/b19-11+. The first-order valence-electron chi connectivity index (χ1n) is 16.8. The van der Waals surface area contributed by atoms with Crippen LogP contribution < -0.4 is 18.9 Å². The van der Waals surface area contributed by atoms with Gasteiger partial charge in [-0.25, -0.2) is 9.37 Å². The Bertz CT molecular complexity index is 1910. The van der Waals surface area contributed by atoms with Crippen molar-refractivity contribution in [3.05, 3.63) is 148 Å². The fraction of sp³-hybridized carbons (Fsp3) is 0.220. The van der Waals surface area contributed by atoms with E-state index in [4.69, 9.17) is 30.5 Å². The lowest BCUT2D eigenvalue weighted by Gasteiger charge is -2.34. The number of carbonyl (C=O) groups is 1. The topological polar surface area (TPSA) is 73.4 Å². The van der Waals surface area contributed by atoms with E-state index in [1.807, 2.05) is 41.3 Å². The second-order valence-corrected chi connectivity index (χ2v) is 12.4. The van der Waals surface area contributed by atoms with Crippen LogP contribution in [0.1, 0.15) is 22.3 Å². The number of amides is 1. The smallest absolute Gasteiger partial charge is 0.246 e. The highest BCUT2D eigenvalue weighted by Gasteiger charge is 2.20. The van der Waals surface area contributed by atoms with Crippen molar-refractivity contribution in [2.45, 2.75) is 19.6 Å². The van der Waals surface area contributed by atoms with Crippen LogP contribution in [0.25, 0.3) is 6.08 Å². The predicted octanol–water partition coefficient (Wildman–Crippen LogP) is 8.23. The third-order valence-electron chi connectivity index (χ3n) is 8.47. The molecule has 0 radical (unpaired) electrons. The van der Waals surface area contributed by atoms with Crippen LogP contribution >= 0.6 is 11.6 Å². The van der Waals surface area contributed by atoms with Crippen molar-refractivity contribution in [1.82, 2.24) is 14.8 Å². The summed E-state index contributed by atoms with van der Waals surface area (Å²) in [6.07, 6.45) is 5.76. The van der Waals surface area contributed by atoms with Crippen LogP contribution in [0, 0.1) is 5.82 Å². The van der Waals surface area contributed by atoms with Crippen LogP contribution in [0.2, 0.25) is 5.02 Å². The van der Waals surface area contributed by atoms with Gasteiger partial charge in [-0.1, -0.05) is 60.1 Å². The number of hydrogen-bond donors (Lipinski definition) is 0. The zero-order valence-corrected chi connectivity index (χ0v) is 29.1. The van der Waals surface area contributed by atoms with Gasteiger partial charge in [-0.15, -0.1) is 0 Å². The summed E-state index contributed by atoms with van der Waals surface area (Å²) in [6, 6.07) is 31.1. The Morgan fingerprint density at radius 2 is 1.59 bits per heavy atom. The number of nitrogens with zero attached hydrogens (tertiary/aromatic N) is 3. The van der Waals surface area contributed by atoms with Crippen LogP contribution in [-0.4, -0.2) is 60.6 Å². The molecule has 1 amide bonds. The van der Waals surface area contributed by atoms with Gasteiger partial charge >= 0.3 is 0 Å². The van der Waals surface area contributed by atoms with E-state index in [1.54, 1.807) is 55.8 Å². The van der Waals surface area contributed by atoms with Gasteiger partial charge in [0, 0.05) is 61.9 Å². The van der Waals surface area contributed by atoms with Gasteiger partial charge in [0.1, 0.15) is 23.9 Å². The molecule has 5 aromatic rings. The van der Waals surface area contributed by atoms with Crippen LogP contribution in [-0.2, 0) is 24.4 Å². The van der Waals surface area contributed by atoms with Gasteiger partial charge in [-0.3, -0.25) is 9.69 Å². The molecule has 0 saturated carbocycles. The summed E-state index contributed by atoms with van der Waals surface area (Å²) in [6.45, 7) is 4.61. The fourth-order valence-electron chi connectivity index (χ4n) is 5.56. The highest BCUT2D eigenvalue weighted by atomic mass is 35.5. The maximum Gasteiger partial charge on any atom is 0.246 e. The molecule has 262 valence electrons. The van der Waals surface area contributed by atoms with Gasteiger partial charge in [0.2, 0.25) is 11.8 Å². The lowest BCUT2D eigenvalue weighted by atomic mass is 10.1.